The number of likely N-dealkylation sites (tertiary alicyclic amines) is 1. The second-order valence-electron chi connectivity index (χ2n) is 7.46. The van der Waals surface area contributed by atoms with E-state index in [1.165, 1.54) is 23.3 Å². The molecule has 3 aromatic rings. The van der Waals surface area contributed by atoms with Crippen LogP contribution < -0.4 is 4.74 Å². The third-order valence-electron chi connectivity index (χ3n) is 5.33. The maximum Gasteiger partial charge on any atom is 0.295 e. The topological polar surface area (TPSA) is 79.7 Å². The predicted octanol–water partition coefficient (Wildman–Crippen LogP) is 4.39. The van der Waals surface area contributed by atoms with Crippen molar-refractivity contribution in [2.75, 3.05) is 7.11 Å². The summed E-state index contributed by atoms with van der Waals surface area (Å²) in [6, 6.07) is 10.4. The molecule has 6 nitrogen and oxygen atoms in total. The van der Waals surface area contributed by atoms with Gasteiger partial charge in [-0.3, -0.25) is 14.6 Å². The van der Waals surface area contributed by atoms with Crippen LogP contribution >= 0.6 is 11.3 Å². The third kappa shape index (κ3) is 3.72. The summed E-state index contributed by atoms with van der Waals surface area (Å²) in [6.45, 7) is 4.01. The molecule has 0 spiro atoms. The highest BCUT2D eigenvalue weighted by atomic mass is 32.1. The molecule has 4 rings (SSSR count). The number of pyridine rings is 1. The number of carbonyl (C=O) groups excluding carboxylic acids is 2. The number of hydrogen-bond acceptors (Lipinski definition) is 6. The average Bonchev–Trinajstić information content (AvgIpc) is 3.36. The number of aryl methyl sites for hydroxylation is 2. The SMILES string of the molecule is COc1c(C)cc(C)cc1/C(O)=C1/C(=O)C(=O)N(Cc2ccncc2)C1c1cccs1. The molecule has 0 saturated carbocycles. The standard InChI is InChI=1S/C24H22N2O4S/c1-14-11-15(2)23(30-3)17(12-14)21(27)19-20(18-5-4-10-31-18)26(24(29)22(19)28)13-16-6-8-25-9-7-16/h4-12,20,27H,13H2,1-3H3/b21-19-. The van der Waals surface area contributed by atoms with Crippen molar-refractivity contribution in [3.05, 3.63) is 86.9 Å². The highest BCUT2D eigenvalue weighted by Crippen LogP contribution is 2.43. The van der Waals surface area contributed by atoms with Gasteiger partial charge in [0.1, 0.15) is 11.5 Å². The fraction of sp³-hybridized carbons (Fsp3) is 0.208. The lowest BCUT2D eigenvalue weighted by molar-refractivity contribution is -0.140. The Morgan fingerprint density at radius 3 is 2.58 bits per heavy atom. The lowest BCUT2D eigenvalue weighted by Crippen LogP contribution is -2.28. The number of benzene rings is 1. The summed E-state index contributed by atoms with van der Waals surface area (Å²) in [5, 5.41) is 13.2. The largest absolute Gasteiger partial charge is 0.507 e. The van der Waals surface area contributed by atoms with E-state index in [9.17, 15) is 14.7 Å². The lowest BCUT2D eigenvalue weighted by atomic mass is 9.96. The number of hydrogen-bond donors (Lipinski definition) is 1. The van der Waals surface area contributed by atoms with Gasteiger partial charge in [0.05, 0.1) is 24.3 Å². The molecule has 1 atom stereocenters. The quantitative estimate of drug-likeness (QED) is 0.366. The summed E-state index contributed by atoms with van der Waals surface area (Å²) in [7, 11) is 1.52. The molecule has 1 amide bonds. The van der Waals surface area contributed by atoms with Crippen molar-refractivity contribution in [3.8, 4) is 5.75 Å². The Morgan fingerprint density at radius 1 is 1.19 bits per heavy atom. The van der Waals surface area contributed by atoms with Gasteiger partial charge in [0.25, 0.3) is 11.7 Å². The van der Waals surface area contributed by atoms with Gasteiger partial charge in [-0.25, -0.2) is 0 Å². The van der Waals surface area contributed by atoms with Gasteiger partial charge in [0, 0.05) is 23.8 Å². The van der Waals surface area contributed by atoms with Crippen molar-refractivity contribution in [3.63, 3.8) is 0 Å². The van der Waals surface area contributed by atoms with Gasteiger partial charge >= 0.3 is 0 Å². The summed E-state index contributed by atoms with van der Waals surface area (Å²) in [5.74, 6) is -1.09. The van der Waals surface area contributed by atoms with Crippen LogP contribution in [0.2, 0.25) is 0 Å². The van der Waals surface area contributed by atoms with Gasteiger partial charge in [0.2, 0.25) is 0 Å². The molecule has 3 heterocycles. The highest BCUT2D eigenvalue weighted by molar-refractivity contribution is 7.10. The molecule has 31 heavy (non-hydrogen) atoms. The van der Waals surface area contributed by atoms with Gasteiger partial charge in [-0.05, 0) is 60.2 Å². The predicted molar refractivity (Wildman–Crippen MR) is 119 cm³/mol. The first-order chi connectivity index (χ1) is 14.9. The van der Waals surface area contributed by atoms with Gasteiger partial charge < -0.3 is 14.7 Å². The number of thiophene rings is 1. The molecule has 158 valence electrons. The molecule has 0 aliphatic carbocycles. The molecular formula is C24H22N2O4S. The Kier molecular flexibility index (Phi) is 5.61. The zero-order valence-corrected chi connectivity index (χ0v) is 18.3. The number of carbonyl (C=O) groups is 2. The van der Waals surface area contributed by atoms with Crippen LogP contribution in [-0.2, 0) is 16.1 Å². The Bertz CT molecular complexity index is 1170. The van der Waals surface area contributed by atoms with Crippen LogP contribution in [0.4, 0.5) is 0 Å². The Labute approximate surface area is 184 Å². The van der Waals surface area contributed by atoms with Crippen molar-refractivity contribution >= 4 is 28.8 Å². The summed E-state index contributed by atoms with van der Waals surface area (Å²) >= 11 is 1.44. The number of aliphatic hydroxyl groups is 1. The maximum atomic E-state index is 13.1. The van der Waals surface area contributed by atoms with Crippen molar-refractivity contribution in [1.82, 2.24) is 9.88 Å². The molecule has 1 unspecified atom stereocenters. The van der Waals surface area contributed by atoms with Gasteiger partial charge in [-0.2, -0.15) is 0 Å². The van der Waals surface area contributed by atoms with E-state index < -0.39 is 17.7 Å². The first kappa shape index (κ1) is 20.8. The van der Waals surface area contributed by atoms with E-state index in [2.05, 4.69) is 4.98 Å². The van der Waals surface area contributed by atoms with Gasteiger partial charge in [-0.15, -0.1) is 11.3 Å². The molecule has 1 aliphatic heterocycles. The van der Waals surface area contributed by atoms with E-state index in [4.69, 9.17) is 4.74 Å². The average molecular weight is 435 g/mol. The van der Waals surface area contributed by atoms with E-state index in [0.717, 1.165) is 21.6 Å². The summed E-state index contributed by atoms with van der Waals surface area (Å²) < 4.78 is 5.51. The molecule has 7 heteroatoms. The van der Waals surface area contributed by atoms with E-state index >= 15 is 0 Å². The number of aliphatic hydroxyl groups excluding tert-OH is 1. The zero-order chi connectivity index (χ0) is 22.1. The van der Waals surface area contributed by atoms with E-state index in [1.54, 1.807) is 30.6 Å². The first-order valence-corrected chi connectivity index (χ1v) is 10.7. The van der Waals surface area contributed by atoms with Crippen molar-refractivity contribution in [2.24, 2.45) is 0 Å². The number of ether oxygens (including phenoxy) is 1. The van der Waals surface area contributed by atoms with Crippen molar-refractivity contribution in [1.29, 1.82) is 0 Å². The first-order valence-electron chi connectivity index (χ1n) is 9.78. The second-order valence-corrected chi connectivity index (χ2v) is 8.44. The monoisotopic (exact) mass is 434 g/mol. The van der Waals surface area contributed by atoms with E-state index in [-0.39, 0.29) is 17.9 Å². The van der Waals surface area contributed by atoms with Crippen molar-refractivity contribution in [2.45, 2.75) is 26.4 Å². The van der Waals surface area contributed by atoms with Gasteiger partial charge in [-0.1, -0.05) is 12.1 Å². The molecule has 0 bridgehead atoms. The maximum absolute atomic E-state index is 13.1. The highest BCUT2D eigenvalue weighted by Gasteiger charge is 2.46. The minimum Gasteiger partial charge on any atom is -0.507 e. The molecule has 1 aromatic carbocycles. The van der Waals surface area contributed by atoms with Crippen LogP contribution in [0.1, 0.15) is 33.2 Å². The van der Waals surface area contributed by atoms with Crippen LogP contribution in [0.15, 0.2) is 59.7 Å². The minimum atomic E-state index is -0.703. The van der Waals surface area contributed by atoms with Gasteiger partial charge in [0.15, 0.2) is 0 Å². The number of rotatable bonds is 5. The van der Waals surface area contributed by atoms with Crippen LogP contribution in [-0.4, -0.2) is 33.8 Å². The molecule has 1 N–H and O–H groups in total. The molecule has 1 saturated heterocycles. The number of Topliss-reactive ketones (excluding diaryl/α,β-unsaturated/α-hetero) is 1. The molecule has 1 aliphatic rings. The van der Waals surface area contributed by atoms with E-state index in [1.807, 2.05) is 37.4 Å². The molecular weight excluding hydrogens is 412 g/mol. The summed E-state index contributed by atoms with van der Waals surface area (Å²) in [4.78, 5) is 32.5. The molecule has 1 fully saturated rings. The lowest BCUT2D eigenvalue weighted by Gasteiger charge is -2.24. The minimum absolute atomic E-state index is 0.0739. The fourth-order valence-corrected chi connectivity index (χ4v) is 4.86. The molecule has 2 aromatic heterocycles. The zero-order valence-electron chi connectivity index (χ0n) is 17.5. The van der Waals surface area contributed by atoms with E-state index in [0.29, 0.717) is 11.3 Å². The Hall–Kier alpha value is -3.45. The number of aromatic nitrogens is 1. The smallest absolute Gasteiger partial charge is 0.295 e. The Balaban J connectivity index is 1.90. The summed E-state index contributed by atoms with van der Waals surface area (Å²) in [5.41, 5.74) is 3.08. The van der Waals surface area contributed by atoms with Crippen LogP contribution in [0, 0.1) is 13.8 Å². The summed E-state index contributed by atoms with van der Waals surface area (Å²) in [6.07, 6.45) is 3.29. The fourth-order valence-electron chi connectivity index (χ4n) is 4.02. The number of nitrogens with zero attached hydrogens (tertiary/aromatic N) is 2. The normalized spacial score (nSPS) is 17.9. The molecule has 0 radical (unpaired) electrons. The van der Waals surface area contributed by atoms with Crippen LogP contribution in [0.3, 0.4) is 0 Å². The van der Waals surface area contributed by atoms with Crippen LogP contribution in [0.5, 0.6) is 5.75 Å². The van der Waals surface area contributed by atoms with Crippen molar-refractivity contribution < 1.29 is 19.4 Å². The number of methoxy groups -OCH3 is 1. The number of amides is 1. The number of ketones is 1. The third-order valence-corrected chi connectivity index (χ3v) is 6.26. The Morgan fingerprint density at radius 2 is 1.94 bits per heavy atom. The van der Waals surface area contributed by atoms with Crippen LogP contribution in [0.25, 0.3) is 5.76 Å². The second kappa shape index (κ2) is 8.35.